The maximum atomic E-state index is 9.72. The van der Waals surface area contributed by atoms with Crippen LogP contribution < -0.4 is 0 Å². The van der Waals surface area contributed by atoms with Gasteiger partial charge in [-0.15, -0.1) is 0 Å². The predicted molar refractivity (Wildman–Crippen MR) is 60.9 cm³/mol. The lowest BCUT2D eigenvalue weighted by Crippen LogP contribution is -1.95. The quantitative estimate of drug-likeness (QED) is 0.782. The molecule has 0 aliphatic heterocycles. The molecule has 0 aliphatic rings. The van der Waals surface area contributed by atoms with Gasteiger partial charge in [0.15, 0.2) is 0 Å². The van der Waals surface area contributed by atoms with Crippen molar-refractivity contribution >= 4 is 0 Å². The largest absolute Gasteiger partial charge is 0.508 e. The highest BCUT2D eigenvalue weighted by Gasteiger charge is 2.10. The van der Waals surface area contributed by atoms with Crippen LogP contribution in [-0.4, -0.2) is 5.11 Å². The maximum Gasteiger partial charge on any atom is 0.119 e. The summed E-state index contributed by atoms with van der Waals surface area (Å²) in [5.74, 6) is 0.536. The minimum Gasteiger partial charge on any atom is -0.508 e. The van der Waals surface area contributed by atoms with E-state index in [2.05, 4.69) is 25.1 Å². The van der Waals surface area contributed by atoms with Crippen LogP contribution in [0.1, 0.15) is 24.0 Å². The third-order valence-electron chi connectivity index (χ3n) is 2.64. The number of rotatable bonds is 2. The molecular formula is C14H13O. The van der Waals surface area contributed by atoms with E-state index in [0.29, 0.717) is 5.75 Å². The summed E-state index contributed by atoms with van der Waals surface area (Å²) in [4.78, 5) is 0. The van der Waals surface area contributed by atoms with Crippen molar-refractivity contribution in [3.05, 3.63) is 65.7 Å². The Hall–Kier alpha value is -1.76. The van der Waals surface area contributed by atoms with E-state index in [1.165, 1.54) is 5.56 Å². The Labute approximate surface area is 90.0 Å². The first-order valence-electron chi connectivity index (χ1n) is 5.03. The van der Waals surface area contributed by atoms with E-state index in [0.717, 1.165) is 5.56 Å². The first kappa shape index (κ1) is 9.78. The average molecular weight is 197 g/mol. The zero-order valence-electron chi connectivity index (χ0n) is 8.64. The van der Waals surface area contributed by atoms with Crippen molar-refractivity contribution in [2.75, 3.05) is 0 Å². The first-order valence-corrected chi connectivity index (χ1v) is 5.03. The molecule has 0 aromatic heterocycles. The molecule has 0 saturated carbocycles. The number of hydrogen-bond donors (Lipinski definition) is 1. The Kier molecular flexibility index (Phi) is 2.72. The monoisotopic (exact) mass is 197 g/mol. The summed E-state index contributed by atoms with van der Waals surface area (Å²) in [6.07, 6.45) is 0. The molecule has 2 aromatic carbocycles. The smallest absolute Gasteiger partial charge is 0.119 e. The summed E-state index contributed by atoms with van der Waals surface area (Å²) < 4.78 is 0. The fourth-order valence-electron chi connectivity index (χ4n) is 1.70. The Morgan fingerprint density at radius 1 is 1.13 bits per heavy atom. The van der Waals surface area contributed by atoms with Gasteiger partial charge in [-0.2, -0.15) is 0 Å². The SMILES string of the molecule is CC(c1ccccc1)c1c[c]ccc1O. The van der Waals surface area contributed by atoms with E-state index in [1.54, 1.807) is 12.1 Å². The molecule has 0 aliphatic carbocycles. The molecule has 0 fully saturated rings. The van der Waals surface area contributed by atoms with Crippen molar-refractivity contribution < 1.29 is 5.11 Å². The summed E-state index contributed by atoms with van der Waals surface area (Å²) in [7, 11) is 0. The summed E-state index contributed by atoms with van der Waals surface area (Å²) in [6.45, 7) is 2.08. The number of phenols is 1. The van der Waals surface area contributed by atoms with Crippen LogP contribution >= 0.6 is 0 Å². The molecule has 15 heavy (non-hydrogen) atoms. The molecule has 1 N–H and O–H groups in total. The third kappa shape index (κ3) is 2.01. The maximum absolute atomic E-state index is 9.72. The van der Waals surface area contributed by atoms with Gasteiger partial charge < -0.3 is 5.11 Å². The van der Waals surface area contributed by atoms with Gasteiger partial charge in [-0.25, -0.2) is 0 Å². The van der Waals surface area contributed by atoms with E-state index in [-0.39, 0.29) is 5.92 Å². The zero-order chi connectivity index (χ0) is 10.7. The van der Waals surface area contributed by atoms with Gasteiger partial charge >= 0.3 is 0 Å². The minimum absolute atomic E-state index is 0.198. The molecule has 0 bridgehead atoms. The first-order chi connectivity index (χ1) is 7.29. The van der Waals surface area contributed by atoms with E-state index in [9.17, 15) is 5.11 Å². The topological polar surface area (TPSA) is 20.2 Å². The summed E-state index contributed by atoms with van der Waals surface area (Å²) in [5.41, 5.74) is 2.12. The molecule has 1 nitrogen and oxygen atoms in total. The van der Waals surface area contributed by atoms with E-state index in [1.807, 2.05) is 24.3 Å². The van der Waals surface area contributed by atoms with Gasteiger partial charge in [0.25, 0.3) is 0 Å². The van der Waals surface area contributed by atoms with Gasteiger partial charge in [0, 0.05) is 11.5 Å². The van der Waals surface area contributed by atoms with E-state index in [4.69, 9.17) is 0 Å². The van der Waals surface area contributed by atoms with Crippen molar-refractivity contribution in [1.82, 2.24) is 0 Å². The van der Waals surface area contributed by atoms with Crippen molar-refractivity contribution in [3.8, 4) is 5.75 Å². The fourth-order valence-corrected chi connectivity index (χ4v) is 1.70. The zero-order valence-corrected chi connectivity index (χ0v) is 8.64. The van der Waals surface area contributed by atoms with Crippen LogP contribution in [-0.2, 0) is 0 Å². The van der Waals surface area contributed by atoms with Crippen molar-refractivity contribution in [3.63, 3.8) is 0 Å². The summed E-state index contributed by atoms with van der Waals surface area (Å²) in [5, 5.41) is 9.72. The summed E-state index contributed by atoms with van der Waals surface area (Å²) >= 11 is 0. The lowest BCUT2D eigenvalue weighted by molar-refractivity contribution is 0.466. The molecule has 1 heteroatoms. The number of benzene rings is 2. The number of phenolic OH excluding ortho intramolecular Hbond substituents is 1. The molecule has 2 aromatic rings. The van der Waals surface area contributed by atoms with Gasteiger partial charge in [-0.3, -0.25) is 0 Å². The van der Waals surface area contributed by atoms with Gasteiger partial charge in [-0.05, 0) is 23.8 Å². The molecule has 0 spiro atoms. The van der Waals surface area contributed by atoms with Crippen LogP contribution in [0.3, 0.4) is 0 Å². The van der Waals surface area contributed by atoms with Crippen molar-refractivity contribution in [1.29, 1.82) is 0 Å². The average Bonchev–Trinajstić information content (AvgIpc) is 2.30. The van der Waals surface area contributed by atoms with Crippen LogP contribution in [0.25, 0.3) is 0 Å². The lowest BCUT2D eigenvalue weighted by Gasteiger charge is -2.13. The van der Waals surface area contributed by atoms with Crippen LogP contribution in [0.15, 0.2) is 48.5 Å². The number of aromatic hydroxyl groups is 1. The molecule has 1 radical (unpaired) electrons. The molecule has 75 valence electrons. The molecule has 0 heterocycles. The Morgan fingerprint density at radius 2 is 1.87 bits per heavy atom. The molecule has 0 saturated heterocycles. The minimum atomic E-state index is 0.198. The van der Waals surface area contributed by atoms with Crippen molar-refractivity contribution in [2.45, 2.75) is 12.8 Å². The highest BCUT2D eigenvalue weighted by Crippen LogP contribution is 2.29. The van der Waals surface area contributed by atoms with Crippen LogP contribution in [0, 0.1) is 6.07 Å². The Morgan fingerprint density at radius 3 is 2.53 bits per heavy atom. The van der Waals surface area contributed by atoms with Crippen LogP contribution in [0.5, 0.6) is 5.75 Å². The van der Waals surface area contributed by atoms with Crippen LogP contribution in [0.2, 0.25) is 0 Å². The van der Waals surface area contributed by atoms with E-state index < -0.39 is 0 Å². The second kappa shape index (κ2) is 4.18. The van der Waals surface area contributed by atoms with E-state index >= 15 is 0 Å². The Balaban J connectivity index is 2.37. The second-order valence-electron chi connectivity index (χ2n) is 3.62. The Bertz CT molecular complexity index is 434. The number of hydrogen-bond acceptors (Lipinski definition) is 1. The molecule has 0 amide bonds. The molecule has 1 unspecified atom stereocenters. The summed E-state index contributed by atoms with van der Waals surface area (Å²) in [6, 6.07) is 18.4. The van der Waals surface area contributed by atoms with Crippen LogP contribution in [0.4, 0.5) is 0 Å². The highest BCUT2D eigenvalue weighted by atomic mass is 16.3. The van der Waals surface area contributed by atoms with Gasteiger partial charge in [0.1, 0.15) is 5.75 Å². The second-order valence-corrected chi connectivity index (χ2v) is 3.62. The van der Waals surface area contributed by atoms with Gasteiger partial charge in [-0.1, -0.05) is 43.3 Å². The predicted octanol–water partition coefficient (Wildman–Crippen LogP) is 3.34. The fraction of sp³-hybridized carbons (Fsp3) is 0.143. The lowest BCUT2D eigenvalue weighted by atomic mass is 9.93. The van der Waals surface area contributed by atoms with Crippen molar-refractivity contribution in [2.24, 2.45) is 0 Å². The highest BCUT2D eigenvalue weighted by molar-refractivity contribution is 5.40. The molecular weight excluding hydrogens is 184 g/mol. The normalized spacial score (nSPS) is 12.3. The third-order valence-corrected chi connectivity index (χ3v) is 2.64. The standard InChI is InChI=1S/C14H13O/c1-11(12-7-3-2-4-8-12)13-9-5-6-10-14(13)15/h2-4,6-11,15H,1H3. The van der Waals surface area contributed by atoms with Gasteiger partial charge in [0.2, 0.25) is 0 Å². The molecule has 2 rings (SSSR count). The van der Waals surface area contributed by atoms with Gasteiger partial charge in [0.05, 0.1) is 0 Å². The molecule has 1 atom stereocenters.